The van der Waals surface area contributed by atoms with Gasteiger partial charge in [0.1, 0.15) is 11.6 Å². The molecule has 0 atom stereocenters. The van der Waals surface area contributed by atoms with E-state index in [2.05, 4.69) is 36.4 Å². The van der Waals surface area contributed by atoms with E-state index < -0.39 is 0 Å². The summed E-state index contributed by atoms with van der Waals surface area (Å²) < 4.78 is 13.1. The molecule has 4 rings (SSSR count). The van der Waals surface area contributed by atoms with Gasteiger partial charge in [0.05, 0.1) is 0 Å². The summed E-state index contributed by atoms with van der Waals surface area (Å²) in [6, 6.07) is 23.1. The van der Waals surface area contributed by atoms with Crippen molar-refractivity contribution in [2.24, 2.45) is 0 Å². The van der Waals surface area contributed by atoms with Gasteiger partial charge in [0.25, 0.3) is 0 Å². The molecule has 0 saturated heterocycles. The molecule has 0 amide bonds. The number of benzene rings is 3. The Balaban J connectivity index is 1.41. The quantitative estimate of drug-likeness (QED) is 0.563. The first-order valence-corrected chi connectivity index (χ1v) is 9.34. The fourth-order valence-electron chi connectivity index (χ4n) is 4.10. The minimum atomic E-state index is -0.198. The van der Waals surface area contributed by atoms with Crippen LogP contribution in [0.15, 0.2) is 72.8 Å². The van der Waals surface area contributed by atoms with Crippen LogP contribution in [0.3, 0.4) is 0 Å². The summed E-state index contributed by atoms with van der Waals surface area (Å²) in [7, 11) is 0. The molecule has 2 heteroatoms. The van der Waals surface area contributed by atoms with Gasteiger partial charge >= 0.3 is 0 Å². The predicted octanol–water partition coefficient (Wildman–Crippen LogP) is 6.64. The summed E-state index contributed by atoms with van der Waals surface area (Å²) in [6.45, 7) is 0. The van der Waals surface area contributed by atoms with E-state index in [0.717, 1.165) is 11.1 Å². The largest absolute Gasteiger partial charge is 0.508 e. The highest BCUT2D eigenvalue weighted by Gasteiger charge is 2.23. The van der Waals surface area contributed by atoms with E-state index >= 15 is 0 Å². The fourth-order valence-corrected chi connectivity index (χ4v) is 4.10. The first-order valence-electron chi connectivity index (χ1n) is 9.34. The molecule has 26 heavy (non-hydrogen) atoms. The van der Waals surface area contributed by atoms with Gasteiger partial charge in [-0.3, -0.25) is 0 Å². The molecule has 0 radical (unpaired) electrons. The van der Waals surface area contributed by atoms with Crippen molar-refractivity contribution in [3.63, 3.8) is 0 Å². The van der Waals surface area contributed by atoms with E-state index in [1.165, 1.54) is 48.9 Å². The van der Waals surface area contributed by atoms with Crippen molar-refractivity contribution in [1.82, 2.24) is 0 Å². The van der Waals surface area contributed by atoms with E-state index in [1.54, 1.807) is 12.1 Å². The van der Waals surface area contributed by atoms with Crippen molar-refractivity contribution in [2.75, 3.05) is 0 Å². The second-order valence-corrected chi connectivity index (χ2v) is 7.27. The number of phenolic OH excluding ortho intramolecular Hbond substituents is 1. The van der Waals surface area contributed by atoms with Crippen molar-refractivity contribution in [2.45, 2.75) is 37.5 Å². The second-order valence-electron chi connectivity index (χ2n) is 7.27. The lowest BCUT2D eigenvalue weighted by Gasteiger charge is -2.29. The lowest BCUT2D eigenvalue weighted by atomic mass is 9.76. The molecular formula is C24H23FO. The molecule has 0 spiro atoms. The minimum Gasteiger partial charge on any atom is -0.508 e. The summed E-state index contributed by atoms with van der Waals surface area (Å²) in [5.41, 5.74) is 4.92. The average molecular weight is 346 g/mol. The monoisotopic (exact) mass is 346 g/mol. The van der Waals surface area contributed by atoms with Gasteiger partial charge in [0, 0.05) is 0 Å². The third-order valence-electron chi connectivity index (χ3n) is 5.65. The van der Waals surface area contributed by atoms with Gasteiger partial charge in [0.15, 0.2) is 0 Å². The van der Waals surface area contributed by atoms with Crippen molar-refractivity contribution >= 4 is 0 Å². The SMILES string of the molecule is Oc1ccc(C2CCC(c3ccc(-c4ccc(F)cc4)cc3)CC2)cc1. The van der Waals surface area contributed by atoms with E-state index in [9.17, 15) is 9.50 Å². The first kappa shape index (κ1) is 16.8. The zero-order valence-electron chi connectivity index (χ0n) is 14.7. The average Bonchev–Trinajstić information content (AvgIpc) is 2.70. The van der Waals surface area contributed by atoms with Gasteiger partial charge in [-0.05, 0) is 84.0 Å². The zero-order chi connectivity index (χ0) is 17.9. The predicted molar refractivity (Wildman–Crippen MR) is 104 cm³/mol. The van der Waals surface area contributed by atoms with Crippen molar-refractivity contribution in [3.8, 4) is 16.9 Å². The normalized spacial score (nSPS) is 20.0. The Morgan fingerprint density at radius 3 is 1.42 bits per heavy atom. The highest BCUT2D eigenvalue weighted by Crippen LogP contribution is 2.41. The highest BCUT2D eigenvalue weighted by atomic mass is 19.1. The topological polar surface area (TPSA) is 20.2 Å². The molecule has 1 nitrogen and oxygen atoms in total. The number of aromatic hydroxyl groups is 1. The Bertz CT molecular complexity index is 842. The summed E-state index contributed by atoms with van der Waals surface area (Å²) in [4.78, 5) is 0. The van der Waals surface area contributed by atoms with Gasteiger partial charge in [-0.2, -0.15) is 0 Å². The van der Waals surface area contributed by atoms with Crippen LogP contribution in [0, 0.1) is 5.82 Å². The van der Waals surface area contributed by atoms with Gasteiger partial charge in [-0.15, -0.1) is 0 Å². The maximum atomic E-state index is 13.1. The second kappa shape index (κ2) is 7.33. The third-order valence-corrected chi connectivity index (χ3v) is 5.65. The lowest BCUT2D eigenvalue weighted by molar-refractivity contribution is 0.396. The van der Waals surface area contributed by atoms with Crippen molar-refractivity contribution < 1.29 is 9.50 Å². The first-order chi connectivity index (χ1) is 12.7. The van der Waals surface area contributed by atoms with Crippen LogP contribution in [0.5, 0.6) is 5.75 Å². The standard InChI is InChI=1S/C24H23FO/c25-23-13-9-21(10-14-23)19-5-1-17(2-6-19)18-3-7-20(8-4-18)22-11-15-24(26)16-12-22/h1-2,5-6,9-16,18,20,26H,3-4,7-8H2. The van der Waals surface area contributed by atoms with Crippen LogP contribution in [0.25, 0.3) is 11.1 Å². The van der Waals surface area contributed by atoms with Crippen molar-refractivity contribution in [1.29, 1.82) is 0 Å². The van der Waals surface area contributed by atoms with Crippen LogP contribution >= 0.6 is 0 Å². The Hall–Kier alpha value is -2.61. The third kappa shape index (κ3) is 3.65. The number of rotatable bonds is 3. The molecule has 3 aromatic carbocycles. The van der Waals surface area contributed by atoms with Gasteiger partial charge in [0.2, 0.25) is 0 Å². The summed E-state index contributed by atoms with van der Waals surface area (Å²) >= 11 is 0. The van der Waals surface area contributed by atoms with Crippen LogP contribution in [0.2, 0.25) is 0 Å². The lowest BCUT2D eigenvalue weighted by Crippen LogP contribution is -2.12. The highest BCUT2D eigenvalue weighted by molar-refractivity contribution is 5.63. The molecule has 0 bridgehead atoms. The van der Waals surface area contributed by atoms with Crippen LogP contribution < -0.4 is 0 Å². The molecule has 3 aromatic rings. The van der Waals surface area contributed by atoms with Gasteiger partial charge in [-0.1, -0.05) is 48.5 Å². The Morgan fingerprint density at radius 2 is 0.962 bits per heavy atom. The van der Waals surface area contributed by atoms with Crippen LogP contribution in [0.1, 0.15) is 48.6 Å². The van der Waals surface area contributed by atoms with Crippen LogP contribution in [-0.4, -0.2) is 5.11 Å². The smallest absolute Gasteiger partial charge is 0.123 e. The van der Waals surface area contributed by atoms with E-state index in [1.807, 2.05) is 12.1 Å². The Kier molecular flexibility index (Phi) is 4.75. The molecule has 1 aliphatic rings. The number of hydrogen-bond acceptors (Lipinski definition) is 1. The van der Waals surface area contributed by atoms with E-state index in [-0.39, 0.29) is 5.82 Å². The molecule has 1 aliphatic carbocycles. The fraction of sp³-hybridized carbons (Fsp3) is 0.250. The van der Waals surface area contributed by atoms with Gasteiger partial charge < -0.3 is 5.11 Å². The zero-order valence-corrected chi connectivity index (χ0v) is 14.7. The molecule has 0 aromatic heterocycles. The van der Waals surface area contributed by atoms with Crippen molar-refractivity contribution in [3.05, 3.63) is 89.7 Å². The maximum absolute atomic E-state index is 13.1. The van der Waals surface area contributed by atoms with Gasteiger partial charge in [-0.25, -0.2) is 4.39 Å². The molecule has 0 heterocycles. The number of phenols is 1. The molecule has 0 aliphatic heterocycles. The van der Waals surface area contributed by atoms with Crippen LogP contribution in [-0.2, 0) is 0 Å². The molecule has 0 unspecified atom stereocenters. The number of hydrogen-bond donors (Lipinski definition) is 1. The Labute approximate surface area is 154 Å². The summed E-state index contributed by atoms with van der Waals surface area (Å²) in [5.74, 6) is 1.36. The van der Waals surface area contributed by atoms with E-state index in [0.29, 0.717) is 17.6 Å². The maximum Gasteiger partial charge on any atom is 0.123 e. The molecule has 1 saturated carbocycles. The van der Waals surface area contributed by atoms with E-state index in [4.69, 9.17) is 0 Å². The molecule has 1 fully saturated rings. The summed E-state index contributed by atoms with van der Waals surface area (Å²) in [6.07, 6.45) is 4.77. The minimum absolute atomic E-state index is 0.198. The molecule has 1 N–H and O–H groups in total. The molecular weight excluding hydrogens is 323 g/mol. The van der Waals surface area contributed by atoms with Crippen LogP contribution in [0.4, 0.5) is 4.39 Å². The Morgan fingerprint density at radius 1 is 0.577 bits per heavy atom. The molecule has 132 valence electrons. The number of halogens is 1. The summed E-state index contributed by atoms with van der Waals surface area (Å²) in [5, 5.41) is 9.45.